The van der Waals surface area contributed by atoms with Crippen molar-refractivity contribution < 1.29 is 14.5 Å². The van der Waals surface area contributed by atoms with Gasteiger partial charge in [0.2, 0.25) is 0 Å². The van der Waals surface area contributed by atoms with E-state index in [0.29, 0.717) is 80.6 Å². The van der Waals surface area contributed by atoms with Crippen LogP contribution in [0.15, 0.2) is 42.5 Å². The summed E-state index contributed by atoms with van der Waals surface area (Å²) in [6.45, 7) is 4.60. The summed E-state index contributed by atoms with van der Waals surface area (Å²) in [6.07, 6.45) is 0.672. The highest BCUT2D eigenvalue weighted by atomic mass is 35.5. The van der Waals surface area contributed by atoms with Crippen molar-refractivity contribution in [2.24, 2.45) is 0 Å². The number of carbonyl (C=O) groups is 2. The largest absolute Gasteiger partial charge is 0.364 e. The number of amides is 2. The number of nitrogens with one attached hydrogen (secondary N) is 1. The maximum Gasteiger partial charge on any atom is 0.293 e. The molecule has 2 saturated heterocycles. The lowest BCUT2D eigenvalue weighted by Gasteiger charge is -2.28. The van der Waals surface area contributed by atoms with Crippen LogP contribution in [0.25, 0.3) is 0 Å². The number of hydrogen-bond acceptors (Lipinski definition) is 6. The quantitative estimate of drug-likeness (QED) is 0.543. The van der Waals surface area contributed by atoms with Gasteiger partial charge in [0.1, 0.15) is 5.69 Å². The zero-order valence-electron chi connectivity index (χ0n) is 18.2. The van der Waals surface area contributed by atoms with Gasteiger partial charge in [-0.1, -0.05) is 17.7 Å². The number of rotatable bonds is 4. The number of carbonyl (C=O) groups excluding carboxylic acids is 2. The van der Waals surface area contributed by atoms with Gasteiger partial charge in [-0.05, 0) is 36.8 Å². The van der Waals surface area contributed by atoms with E-state index >= 15 is 0 Å². The highest BCUT2D eigenvalue weighted by Crippen LogP contribution is 2.31. The molecule has 1 N–H and O–H groups in total. The van der Waals surface area contributed by atoms with Crippen LogP contribution in [0.3, 0.4) is 0 Å². The molecule has 174 valence electrons. The molecule has 0 aromatic heterocycles. The summed E-state index contributed by atoms with van der Waals surface area (Å²) in [5.41, 5.74) is 1.22. The average Bonchev–Trinajstić information content (AvgIpc) is 3.09. The zero-order chi connectivity index (χ0) is 23.4. The maximum absolute atomic E-state index is 12.9. The van der Waals surface area contributed by atoms with E-state index in [4.69, 9.17) is 11.6 Å². The van der Waals surface area contributed by atoms with E-state index in [1.54, 1.807) is 46.2 Å². The Hall–Kier alpha value is -3.17. The highest BCUT2D eigenvalue weighted by Gasteiger charge is 2.27. The summed E-state index contributed by atoms with van der Waals surface area (Å²) in [7, 11) is 0. The molecule has 9 nitrogen and oxygen atoms in total. The number of halogens is 1. The molecule has 2 heterocycles. The molecule has 0 atom stereocenters. The number of anilines is 1. The second kappa shape index (κ2) is 10.2. The molecule has 2 aromatic carbocycles. The minimum Gasteiger partial charge on any atom is -0.364 e. The van der Waals surface area contributed by atoms with Crippen molar-refractivity contribution >= 4 is 34.8 Å². The Bertz CT molecular complexity index is 1060. The number of hydrogen-bond donors (Lipinski definition) is 1. The van der Waals surface area contributed by atoms with Crippen LogP contribution in [-0.4, -0.2) is 78.9 Å². The van der Waals surface area contributed by atoms with Crippen molar-refractivity contribution in [1.82, 2.24) is 15.1 Å². The van der Waals surface area contributed by atoms with Crippen LogP contribution < -0.4 is 10.2 Å². The van der Waals surface area contributed by atoms with Crippen LogP contribution in [0.1, 0.15) is 27.1 Å². The molecule has 4 rings (SSSR count). The molecule has 10 heteroatoms. The molecule has 2 fully saturated rings. The zero-order valence-corrected chi connectivity index (χ0v) is 19.0. The lowest BCUT2D eigenvalue weighted by molar-refractivity contribution is -0.384. The Morgan fingerprint density at radius 2 is 1.58 bits per heavy atom. The fourth-order valence-electron chi connectivity index (χ4n) is 4.29. The second-order valence-electron chi connectivity index (χ2n) is 8.15. The molecule has 2 aromatic rings. The van der Waals surface area contributed by atoms with Gasteiger partial charge in [0.05, 0.1) is 4.92 Å². The molecular weight excluding hydrogens is 446 g/mol. The van der Waals surface area contributed by atoms with Crippen molar-refractivity contribution in [2.45, 2.75) is 6.42 Å². The van der Waals surface area contributed by atoms with Crippen LogP contribution in [0.2, 0.25) is 5.02 Å². The van der Waals surface area contributed by atoms with E-state index in [-0.39, 0.29) is 17.5 Å². The number of nitro benzene ring substituents is 1. The van der Waals surface area contributed by atoms with Crippen molar-refractivity contribution in [3.63, 3.8) is 0 Å². The average molecular weight is 472 g/mol. The Morgan fingerprint density at radius 3 is 2.27 bits per heavy atom. The third kappa shape index (κ3) is 5.26. The first-order chi connectivity index (χ1) is 15.9. The van der Waals surface area contributed by atoms with Gasteiger partial charge >= 0.3 is 0 Å². The van der Waals surface area contributed by atoms with Crippen molar-refractivity contribution in [1.29, 1.82) is 0 Å². The van der Waals surface area contributed by atoms with E-state index in [1.165, 1.54) is 6.07 Å². The van der Waals surface area contributed by atoms with Gasteiger partial charge in [0, 0.05) is 74.6 Å². The Labute approximate surface area is 197 Å². The predicted octanol–water partition coefficient (Wildman–Crippen LogP) is 2.65. The third-order valence-corrected chi connectivity index (χ3v) is 6.25. The first-order valence-corrected chi connectivity index (χ1v) is 11.4. The number of nitro groups is 1. The molecular formula is C23H26ClN5O4. The smallest absolute Gasteiger partial charge is 0.293 e. The summed E-state index contributed by atoms with van der Waals surface area (Å²) in [6, 6.07) is 11.5. The molecule has 33 heavy (non-hydrogen) atoms. The molecule has 0 unspecified atom stereocenters. The molecule has 0 bridgehead atoms. The Balaban J connectivity index is 1.50. The van der Waals surface area contributed by atoms with Crippen LogP contribution in [0.4, 0.5) is 11.4 Å². The Morgan fingerprint density at radius 1 is 0.879 bits per heavy atom. The summed E-state index contributed by atoms with van der Waals surface area (Å²) in [5.74, 6) is -0.300. The van der Waals surface area contributed by atoms with Gasteiger partial charge < -0.3 is 20.0 Å². The molecule has 0 spiro atoms. The topological polar surface area (TPSA) is 99.0 Å². The lowest BCUT2D eigenvalue weighted by Crippen LogP contribution is -2.46. The van der Waals surface area contributed by atoms with Gasteiger partial charge in [-0.15, -0.1) is 0 Å². The summed E-state index contributed by atoms with van der Waals surface area (Å²) in [5, 5.41) is 15.6. The molecule has 0 radical (unpaired) electrons. The first kappa shape index (κ1) is 23.0. The monoisotopic (exact) mass is 471 g/mol. The summed E-state index contributed by atoms with van der Waals surface area (Å²) < 4.78 is 0. The van der Waals surface area contributed by atoms with Crippen molar-refractivity contribution in [2.75, 3.05) is 57.3 Å². The first-order valence-electron chi connectivity index (χ1n) is 11.0. The van der Waals surface area contributed by atoms with Crippen molar-refractivity contribution in [3.8, 4) is 0 Å². The lowest BCUT2D eigenvalue weighted by atomic mass is 10.1. The van der Waals surface area contributed by atoms with E-state index < -0.39 is 4.92 Å². The van der Waals surface area contributed by atoms with Crippen LogP contribution in [0, 0.1) is 10.1 Å². The van der Waals surface area contributed by atoms with Crippen LogP contribution in [-0.2, 0) is 0 Å². The fourth-order valence-corrected chi connectivity index (χ4v) is 4.48. The van der Waals surface area contributed by atoms with Gasteiger partial charge in [-0.2, -0.15) is 0 Å². The third-order valence-electron chi connectivity index (χ3n) is 6.02. The molecule has 2 aliphatic rings. The maximum atomic E-state index is 12.9. The van der Waals surface area contributed by atoms with Crippen LogP contribution in [0.5, 0.6) is 0 Å². The van der Waals surface area contributed by atoms with E-state index in [9.17, 15) is 19.7 Å². The number of nitrogens with zero attached hydrogens (tertiary/aromatic N) is 4. The van der Waals surface area contributed by atoms with Gasteiger partial charge in [0.25, 0.3) is 17.5 Å². The highest BCUT2D eigenvalue weighted by molar-refractivity contribution is 6.30. The van der Waals surface area contributed by atoms with Crippen molar-refractivity contribution in [3.05, 3.63) is 68.7 Å². The molecule has 2 amide bonds. The molecule has 0 saturated carbocycles. The van der Waals surface area contributed by atoms with Gasteiger partial charge in [0.15, 0.2) is 0 Å². The molecule has 2 aliphatic heterocycles. The minimum absolute atomic E-state index is 0.0920. The second-order valence-corrected chi connectivity index (χ2v) is 8.58. The fraction of sp³-hybridized carbons (Fsp3) is 0.391. The number of benzene rings is 2. The SMILES string of the molecule is O=C(c1ccc(N2CCCN(C(=O)c3cccc(Cl)c3)CC2)c([N+](=O)[O-])c1)N1CCNCC1. The standard InChI is InChI=1S/C23H26ClN5O4/c24-19-4-1-3-17(15-19)22(30)27-10-2-9-26(13-14-27)20-6-5-18(16-21(20)29(32)33)23(31)28-11-7-25-8-12-28/h1,3-6,15-16,25H,2,7-14H2. The summed E-state index contributed by atoms with van der Waals surface area (Å²) in [4.78, 5) is 42.5. The van der Waals surface area contributed by atoms with E-state index in [0.717, 1.165) is 0 Å². The van der Waals surface area contributed by atoms with Gasteiger partial charge in [-0.25, -0.2) is 0 Å². The molecule has 0 aliphatic carbocycles. The summed E-state index contributed by atoms with van der Waals surface area (Å²) >= 11 is 6.02. The van der Waals surface area contributed by atoms with E-state index in [2.05, 4.69) is 5.32 Å². The minimum atomic E-state index is -0.441. The Kier molecular flexibility index (Phi) is 7.10. The van der Waals surface area contributed by atoms with Crippen LogP contribution >= 0.6 is 11.6 Å². The van der Waals surface area contributed by atoms with Gasteiger partial charge in [-0.3, -0.25) is 19.7 Å². The predicted molar refractivity (Wildman–Crippen MR) is 126 cm³/mol. The van der Waals surface area contributed by atoms with E-state index in [1.807, 2.05) is 4.90 Å². The normalized spacial score (nSPS) is 16.9. The number of piperazine rings is 1.